The number of hydrogen-bond donors (Lipinski definition) is 1. The predicted molar refractivity (Wildman–Crippen MR) is 33.7 cm³/mol. The quantitative estimate of drug-likeness (QED) is 0.542. The van der Waals surface area contributed by atoms with Crippen molar-refractivity contribution >= 4 is 57.4 Å². The fourth-order valence-electron chi connectivity index (χ4n) is 0. The summed E-state index contributed by atoms with van der Waals surface area (Å²) in [7, 11) is 0. The third-order valence-corrected chi connectivity index (χ3v) is 4.30. The van der Waals surface area contributed by atoms with Crippen molar-refractivity contribution < 1.29 is 9.90 Å². The standard InChI is InChI=1S/CH2AsO2.Ga.Sb.5H/c2-1(3)4;;;;;;;/h2H,(H,3,4);;;;;;;/q-1;;+1;;;;;. The first kappa shape index (κ1) is 10.5. The summed E-state index contributed by atoms with van der Waals surface area (Å²) < 4.78 is -0.563. The van der Waals surface area contributed by atoms with Crippen LogP contribution in [0, 0.1) is 0 Å². The Kier molecular flexibility index (Phi) is 11.3. The molecular weight excluding hydrogens is 310 g/mol. The van der Waals surface area contributed by atoms with E-state index >= 15 is 0 Å². The molecule has 0 aliphatic heterocycles. The molecule has 0 aromatic rings. The molecule has 0 rings (SSSR count). The molecule has 1 N–H and O–H groups in total. The van der Waals surface area contributed by atoms with Crippen molar-refractivity contribution in [2.45, 2.75) is 0 Å². The van der Waals surface area contributed by atoms with Crippen molar-refractivity contribution in [1.29, 1.82) is 0 Å². The second-order valence-corrected chi connectivity index (χ2v) is 6.23. The zero-order valence-corrected chi connectivity index (χ0v) is 7.83. The average molecular weight is 317 g/mol. The van der Waals surface area contributed by atoms with Gasteiger partial charge in [0.2, 0.25) is 0 Å². The molecule has 1 atom stereocenters. The van der Waals surface area contributed by atoms with Gasteiger partial charge < -0.3 is 0 Å². The van der Waals surface area contributed by atoms with E-state index in [-0.39, 0.29) is 19.8 Å². The molecule has 0 aliphatic carbocycles. The second-order valence-electron chi connectivity index (χ2n) is 0.449. The molecule has 0 spiro atoms. The first-order chi connectivity index (χ1) is 2.27. The van der Waals surface area contributed by atoms with Gasteiger partial charge in [-0.1, -0.05) is 0 Å². The predicted octanol–water partition coefficient (Wildman–Crippen LogP) is -2.53. The fourth-order valence-corrected chi connectivity index (χ4v) is 0. The Morgan fingerprint density at radius 1 is 1.83 bits per heavy atom. The van der Waals surface area contributed by atoms with E-state index < -0.39 is 17.1 Å². The van der Waals surface area contributed by atoms with E-state index in [2.05, 4.69) is 0 Å². The summed E-state index contributed by atoms with van der Waals surface area (Å²) in [6, 6.07) is 0. The van der Waals surface area contributed by atoms with Crippen LogP contribution >= 0.6 is 0 Å². The molecule has 1 unspecified atom stereocenters. The van der Waals surface area contributed by atoms with Gasteiger partial charge >= 0.3 is 67.3 Å². The van der Waals surface area contributed by atoms with Gasteiger partial charge in [-0.25, -0.2) is 0 Å². The van der Waals surface area contributed by atoms with Crippen LogP contribution in [-0.4, -0.2) is 62.5 Å². The number of carbonyl (C=O) groups is 1. The van der Waals surface area contributed by atoms with Crippen molar-refractivity contribution in [3.8, 4) is 0 Å². The van der Waals surface area contributed by atoms with Gasteiger partial charge in [0.1, 0.15) is 0 Å². The van der Waals surface area contributed by atoms with E-state index in [0.29, 0.717) is 0 Å². The Balaban J connectivity index is 0. The van der Waals surface area contributed by atoms with Crippen LogP contribution < -0.4 is 0 Å². The minimum atomic E-state index is -0.563. The number of carboxylic acid groups (broad SMARTS) is 1. The Hall–Kier alpha value is 1.48. The Morgan fingerprint density at radius 2 is 2.00 bits per heavy atom. The monoisotopic (exact) mass is 316 g/mol. The van der Waals surface area contributed by atoms with Crippen molar-refractivity contribution in [3.05, 3.63) is 0 Å². The molecule has 0 saturated carbocycles. The van der Waals surface area contributed by atoms with Gasteiger partial charge in [0.05, 0.1) is 0 Å². The van der Waals surface area contributed by atoms with Crippen LogP contribution in [0.4, 0.5) is 4.79 Å². The minimum absolute atomic E-state index is 0. The first-order valence-corrected chi connectivity index (χ1v) is 11.8. The summed E-state index contributed by atoms with van der Waals surface area (Å²) in [5, 5.41) is 7.81. The van der Waals surface area contributed by atoms with Gasteiger partial charge in [0.25, 0.3) is 0 Å². The second kappa shape index (κ2) is 6.48. The van der Waals surface area contributed by atoms with Gasteiger partial charge in [-0.15, -0.1) is 0 Å². The van der Waals surface area contributed by atoms with Crippen LogP contribution in [0.25, 0.3) is 0 Å². The Labute approximate surface area is 66.6 Å². The van der Waals surface area contributed by atoms with Crippen LogP contribution in [0.2, 0.25) is 0 Å². The van der Waals surface area contributed by atoms with Crippen LogP contribution in [-0.2, 0) is 0 Å². The molecule has 0 bridgehead atoms. The molecule has 0 aromatic heterocycles. The van der Waals surface area contributed by atoms with E-state index in [4.69, 9.17) is 5.11 Å². The molecule has 36 valence electrons. The summed E-state index contributed by atoms with van der Waals surface area (Å²) >= 11 is 0.443. The first-order valence-electron chi connectivity index (χ1n) is 0.966. The molecule has 0 saturated heterocycles. The zero-order valence-electron chi connectivity index (χ0n) is 2.43. The van der Waals surface area contributed by atoms with E-state index in [1.54, 1.807) is 0 Å². The summed E-state index contributed by atoms with van der Waals surface area (Å²) in [5.74, 6) is 0. The van der Waals surface area contributed by atoms with Crippen LogP contribution in [0.1, 0.15) is 0 Å². The van der Waals surface area contributed by atoms with Gasteiger partial charge in [0.15, 0.2) is 0 Å². The third-order valence-electron chi connectivity index (χ3n) is 0.123. The number of rotatable bonds is 1. The van der Waals surface area contributed by atoms with E-state index in [0.717, 1.165) is 20.5 Å². The molecule has 6 heavy (non-hydrogen) atoms. The third kappa shape index (κ3) is 9.08. The SMILES string of the molecule is O=C(O)[AsH][SbH2].[GaH3]. The van der Waals surface area contributed by atoms with Gasteiger partial charge in [0, 0.05) is 0 Å². The van der Waals surface area contributed by atoms with Crippen LogP contribution in [0.5, 0.6) is 0 Å². The van der Waals surface area contributed by atoms with Gasteiger partial charge in [-0.2, -0.15) is 0 Å². The fraction of sp³-hybridized carbons (Fsp3) is 0. The zero-order chi connectivity index (χ0) is 4.28. The molecule has 0 fully saturated rings. The maximum absolute atomic E-state index is 9.46. The summed E-state index contributed by atoms with van der Waals surface area (Å²) in [6.07, 6.45) is 0. The molecule has 2 nitrogen and oxygen atoms in total. The number of hydrogen-bond acceptors (Lipinski definition) is 1. The summed E-state index contributed by atoms with van der Waals surface area (Å²) in [6.45, 7) is 0. The summed E-state index contributed by atoms with van der Waals surface area (Å²) in [5.41, 5.74) is 0. The van der Waals surface area contributed by atoms with Gasteiger partial charge in [-0.3, -0.25) is 0 Å². The molecule has 5 heteroatoms. The Bertz CT molecular complexity index is 48.8. The Morgan fingerprint density at radius 3 is 2.00 bits per heavy atom. The maximum atomic E-state index is 9.46. The molecule has 0 aromatic carbocycles. The van der Waals surface area contributed by atoms with E-state index in [1.807, 2.05) is 0 Å². The molecule has 0 aliphatic rings. The van der Waals surface area contributed by atoms with Crippen molar-refractivity contribution in [2.24, 2.45) is 0 Å². The molecule has 0 radical (unpaired) electrons. The van der Waals surface area contributed by atoms with Gasteiger partial charge in [-0.05, 0) is 0 Å². The normalized spacial score (nSPS) is 8.17. The van der Waals surface area contributed by atoms with Crippen molar-refractivity contribution in [1.82, 2.24) is 0 Å². The molecule has 0 heterocycles. The molecule has 0 amide bonds. The average Bonchev–Trinajstić information content (AvgIpc) is 1.38. The van der Waals surface area contributed by atoms with Crippen molar-refractivity contribution in [3.63, 3.8) is 0 Å². The van der Waals surface area contributed by atoms with Crippen LogP contribution in [0.15, 0.2) is 0 Å². The van der Waals surface area contributed by atoms with E-state index in [1.165, 1.54) is 0 Å². The summed E-state index contributed by atoms with van der Waals surface area (Å²) in [4.78, 5) is 9.46. The molecular formula is CH7AsGaO2Sb. The van der Waals surface area contributed by atoms with Crippen LogP contribution in [0.3, 0.4) is 0 Å². The van der Waals surface area contributed by atoms with E-state index in [9.17, 15) is 4.79 Å². The van der Waals surface area contributed by atoms with Crippen molar-refractivity contribution in [2.75, 3.05) is 0 Å². The topological polar surface area (TPSA) is 37.3 Å².